The van der Waals surface area contributed by atoms with Gasteiger partial charge in [0.15, 0.2) is 0 Å². The van der Waals surface area contributed by atoms with E-state index in [0.29, 0.717) is 6.04 Å². The third kappa shape index (κ3) is 3.33. The topological polar surface area (TPSA) is 47.6 Å². The maximum atomic E-state index is 11.4. The summed E-state index contributed by atoms with van der Waals surface area (Å²) in [6, 6.07) is 0.756. The molecule has 2 saturated heterocycles. The van der Waals surface area contributed by atoms with E-state index >= 15 is 0 Å². The Morgan fingerprint density at radius 1 is 1.35 bits per heavy atom. The number of likely N-dealkylation sites (tertiary alicyclic amines) is 1. The van der Waals surface area contributed by atoms with Gasteiger partial charge in [-0.2, -0.15) is 0 Å². The molecular formula is C12H24N4O. The summed E-state index contributed by atoms with van der Waals surface area (Å²) in [6.45, 7) is 5.79. The second-order valence-electron chi connectivity index (χ2n) is 4.96. The standard InChI is InChI=1S/C12H24N4O/c1-13-10-11-4-2-3-6-15(11)8-9-16-7-5-14-12(16)17/h11,13H,2-10H2,1H3,(H,14,17). The molecule has 0 aromatic heterocycles. The molecule has 2 heterocycles. The van der Waals surface area contributed by atoms with Crippen LogP contribution in [0.25, 0.3) is 0 Å². The Morgan fingerprint density at radius 3 is 2.94 bits per heavy atom. The summed E-state index contributed by atoms with van der Waals surface area (Å²) in [5, 5.41) is 6.12. The molecule has 2 aliphatic heterocycles. The van der Waals surface area contributed by atoms with E-state index in [1.807, 2.05) is 11.9 Å². The first-order valence-corrected chi connectivity index (χ1v) is 6.72. The van der Waals surface area contributed by atoms with Crippen LogP contribution in [-0.4, -0.2) is 68.2 Å². The predicted octanol–water partition coefficient (Wildman–Crippen LogP) is 0.0855. The number of hydrogen-bond donors (Lipinski definition) is 2. The highest BCUT2D eigenvalue weighted by atomic mass is 16.2. The maximum Gasteiger partial charge on any atom is 0.317 e. The zero-order valence-electron chi connectivity index (χ0n) is 10.7. The molecule has 2 fully saturated rings. The molecule has 0 aliphatic carbocycles. The first-order valence-electron chi connectivity index (χ1n) is 6.72. The van der Waals surface area contributed by atoms with E-state index in [2.05, 4.69) is 15.5 Å². The van der Waals surface area contributed by atoms with Crippen LogP contribution in [0.1, 0.15) is 19.3 Å². The quantitative estimate of drug-likeness (QED) is 0.716. The van der Waals surface area contributed by atoms with Crippen molar-refractivity contribution in [1.82, 2.24) is 20.4 Å². The lowest BCUT2D eigenvalue weighted by molar-refractivity contribution is 0.133. The van der Waals surface area contributed by atoms with Crippen molar-refractivity contribution in [3.05, 3.63) is 0 Å². The van der Waals surface area contributed by atoms with Crippen LogP contribution >= 0.6 is 0 Å². The first kappa shape index (κ1) is 12.6. The minimum Gasteiger partial charge on any atom is -0.336 e. The number of piperidine rings is 1. The van der Waals surface area contributed by atoms with Crippen LogP contribution in [0.3, 0.4) is 0 Å². The Morgan fingerprint density at radius 2 is 2.24 bits per heavy atom. The highest BCUT2D eigenvalue weighted by molar-refractivity contribution is 5.76. The smallest absolute Gasteiger partial charge is 0.317 e. The summed E-state index contributed by atoms with van der Waals surface area (Å²) < 4.78 is 0. The summed E-state index contributed by atoms with van der Waals surface area (Å²) in [7, 11) is 2.01. The van der Waals surface area contributed by atoms with Gasteiger partial charge in [-0.05, 0) is 26.4 Å². The molecule has 2 aliphatic rings. The molecule has 98 valence electrons. The number of nitrogens with one attached hydrogen (secondary N) is 2. The molecule has 1 atom stereocenters. The average Bonchev–Trinajstić information content (AvgIpc) is 2.74. The van der Waals surface area contributed by atoms with Gasteiger partial charge in [0.2, 0.25) is 0 Å². The highest BCUT2D eigenvalue weighted by Gasteiger charge is 2.24. The SMILES string of the molecule is CNCC1CCCCN1CCN1CCNC1=O. The molecule has 17 heavy (non-hydrogen) atoms. The molecule has 2 N–H and O–H groups in total. The van der Waals surface area contributed by atoms with Crippen molar-refractivity contribution in [3.8, 4) is 0 Å². The van der Waals surface area contributed by atoms with E-state index in [9.17, 15) is 4.79 Å². The highest BCUT2D eigenvalue weighted by Crippen LogP contribution is 2.16. The monoisotopic (exact) mass is 240 g/mol. The molecule has 0 radical (unpaired) electrons. The van der Waals surface area contributed by atoms with Crippen LogP contribution in [0.2, 0.25) is 0 Å². The van der Waals surface area contributed by atoms with Gasteiger partial charge in [0, 0.05) is 38.8 Å². The number of rotatable bonds is 5. The van der Waals surface area contributed by atoms with Crippen LogP contribution < -0.4 is 10.6 Å². The minimum absolute atomic E-state index is 0.104. The Hall–Kier alpha value is -0.810. The fourth-order valence-corrected chi connectivity index (χ4v) is 2.79. The summed E-state index contributed by atoms with van der Waals surface area (Å²) >= 11 is 0. The van der Waals surface area contributed by atoms with Crippen LogP contribution in [0.4, 0.5) is 4.79 Å². The van der Waals surface area contributed by atoms with Gasteiger partial charge in [0.25, 0.3) is 0 Å². The van der Waals surface area contributed by atoms with Crippen molar-refractivity contribution >= 4 is 6.03 Å². The van der Waals surface area contributed by atoms with Gasteiger partial charge in [-0.15, -0.1) is 0 Å². The Balaban J connectivity index is 1.77. The van der Waals surface area contributed by atoms with E-state index in [4.69, 9.17) is 0 Å². The van der Waals surface area contributed by atoms with Gasteiger partial charge in [-0.3, -0.25) is 4.90 Å². The summed E-state index contributed by atoms with van der Waals surface area (Å²) in [5.74, 6) is 0. The van der Waals surface area contributed by atoms with Gasteiger partial charge in [-0.1, -0.05) is 6.42 Å². The van der Waals surface area contributed by atoms with E-state index in [1.165, 1.54) is 25.8 Å². The fourth-order valence-electron chi connectivity index (χ4n) is 2.79. The number of urea groups is 1. The molecule has 0 aromatic rings. The number of carbonyl (C=O) groups excluding carboxylic acids is 1. The van der Waals surface area contributed by atoms with Crippen molar-refractivity contribution in [1.29, 1.82) is 0 Å². The van der Waals surface area contributed by atoms with Gasteiger partial charge in [0.1, 0.15) is 0 Å². The molecule has 0 aromatic carbocycles. The Labute approximate surface area is 104 Å². The van der Waals surface area contributed by atoms with Crippen LogP contribution in [0.5, 0.6) is 0 Å². The van der Waals surface area contributed by atoms with E-state index in [1.54, 1.807) is 0 Å². The molecule has 0 bridgehead atoms. The van der Waals surface area contributed by atoms with Crippen molar-refractivity contribution in [2.45, 2.75) is 25.3 Å². The molecule has 1 unspecified atom stereocenters. The van der Waals surface area contributed by atoms with E-state index < -0.39 is 0 Å². The molecule has 2 amide bonds. The fraction of sp³-hybridized carbons (Fsp3) is 0.917. The Kier molecular flexibility index (Phi) is 4.62. The minimum atomic E-state index is 0.104. The van der Waals surface area contributed by atoms with Crippen molar-refractivity contribution < 1.29 is 4.79 Å². The second kappa shape index (κ2) is 6.21. The second-order valence-corrected chi connectivity index (χ2v) is 4.96. The summed E-state index contributed by atoms with van der Waals surface area (Å²) in [5.41, 5.74) is 0. The maximum absolute atomic E-state index is 11.4. The van der Waals surface area contributed by atoms with Gasteiger partial charge in [0.05, 0.1) is 0 Å². The lowest BCUT2D eigenvalue weighted by Crippen LogP contribution is -2.48. The van der Waals surface area contributed by atoms with Crippen molar-refractivity contribution in [2.75, 3.05) is 46.3 Å². The molecule has 5 nitrogen and oxygen atoms in total. The zero-order chi connectivity index (χ0) is 12.1. The molecule has 0 saturated carbocycles. The summed E-state index contributed by atoms with van der Waals surface area (Å²) in [4.78, 5) is 15.9. The lowest BCUT2D eigenvalue weighted by atomic mass is 10.0. The first-order chi connectivity index (χ1) is 8.31. The van der Waals surface area contributed by atoms with Crippen LogP contribution in [-0.2, 0) is 0 Å². The van der Waals surface area contributed by atoms with Crippen molar-refractivity contribution in [3.63, 3.8) is 0 Å². The van der Waals surface area contributed by atoms with Gasteiger partial charge < -0.3 is 15.5 Å². The predicted molar refractivity (Wildman–Crippen MR) is 68.1 cm³/mol. The molecular weight excluding hydrogens is 216 g/mol. The van der Waals surface area contributed by atoms with Crippen molar-refractivity contribution in [2.24, 2.45) is 0 Å². The summed E-state index contributed by atoms with van der Waals surface area (Å²) in [6.07, 6.45) is 3.92. The third-order valence-electron chi connectivity index (χ3n) is 3.79. The van der Waals surface area contributed by atoms with Gasteiger partial charge >= 0.3 is 6.03 Å². The molecule has 2 rings (SSSR count). The van der Waals surface area contributed by atoms with E-state index in [-0.39, 0.29) is 6.03 Å². The molecule has 0 spiro atoms. The Bertz CT molecular complexity index is 257. The third-order valence-corrected chi connectivity index (χ3v) is 3.79. The number of carbonyl (C=O) groups is 1. The van der Waals surface area contributed by atoms with Crippen LogP contribution in [0, 0.1) is 0 Å². The number of likely N-dealkylation sites (N-methyl/N-ethyl adjacent to an activating group) is 1. The normalized spacial score (nSPS) is 26.3. The zero-order valence-corrected chi connectivity index (χ0v) is 10.7. The number of amides is 2. The largest absolute Gasteiger partial charge is 0.336 e. The lowest BCUT2D eigenvalue weighted by Gasteiger charge is -2.36. The molecule has 5 heteroatoms. The van der Waals surface area contributed by atoms with E-state index in [0.717, 1.165) is 32.7 Å². The van der Waals surface area contributed by atoms with Crippen LogP contribution in [0.15, 0.2) is 0 Å². The number of hydrogen-bond acceptors (Lipinski definition) is 3. The number of nitrogens with zero attached hydrogens (tertiary/aromatic N) is 2. The van der Waals surface area contributed by atoms with Gasteiger partial charge in [-0.25, -0.2) is 4.79 Å². The average molecular weight is 240 g/mol.